The number of aromatic nitrogens is 1. The molecule has 1 aromatic carbocycles. The van der Waals surface area contributed by atoms with Crippen LogP contribution in [0.5, 0.6) is 0 Å². The largest absolute Gasteiger partial charge is 0.375 e. The van der Waals surface area contributed by atoms with Crippen molar-refractivity contribution >= 4 is 16.8 Å². The van der Waals surface area contributed by atoms with Gasteiger partial charge in [0.2, 0.25) is 5.56 Å². The zero-order valence-electron chi connectivity index (χ0n) is 13.9. The Kier molecular flexibility index (Phi) is 3.68. The Morgan fingerprint density at radius 1 is 1.21 bits per heavy atom. The van der Waals surface area contributed by atoms with Crippen molar-refractivity contribution in [2.75, 3.05) is 19.7 Å². The van der Waals surface area contributed by atoms with Gasteiger partial charge in [0.1, 0.15) is 0 Å². The minimum absolute atomic E-state index is 0.0103. The Labute approximate surface area is 140 Å². The van der Waals surface area contributed by atoms with Gasteiger partial charge in [0.05, 0.1) is 11.2 Å². The number of amides is 1. The summed E-state index contributed by atoms with van der Waals surface area (Å²) in [7, 11) is 0. The number of aromatic amines is 1. The molecular formula is C19H22N2O3. The van der Waals surface area contributed by atoms with E-state index in [1.807, 2.05) is 30.0 Å². The van der Waals surface area contributed by atoms with Crippen LogP contribution in [-0.4, -0.2) is 41.1 Å². The Hall–Kier alpha value is -2.14. The highest BCUT2D eigenvalue weighted by atomic mass is 16.5. The van der Waals surface area contributed by atoms with Gasteiger partial charge in [-0.25, -0.2) is 0 Å². The fourth-order valence-electron chi connectivity index (χ4n) is 3.98. The number of likely N-dealkylation sites (tertiary alicyclic amines) is 1. The summed E-state index contributed by atoms with van der Waals surface area (Å²) in [4.78, 5) is 29.6. The van der Waals surface area contributed by atoms with E-state index in [0.717, 1.165) is 43.2 Å². The summed E-state index contributed by atoms with van der Waals surface area (Å²) in [5.74, 6) is -0.0513. The van der Waals surface area contributed by atoms with Gasteiger partial charge in [-0.1, -0.05) is 11.6 Å². The summed E-state index contributed by atoms with van der Waals surface area (Å²) in [6.07, 6.45) is 3.99. The second-order valence-corrected chi connectivity index (χ2v) is 7.02. The van der Waals surface area contributed by atoms with Crippen LogP contribution in [0.3, 0.4) is 0 Å². The van der Waals surface area contributed by atoms with Crippen molar-refractivity contribution in [1.29, 1.82) is 0 Å². The van der Waals surface area contributed by atoms with Crippen LogP contribution in [0, 0.1) is 6.92 Å². The van der Waals surface area contributed by atoms with Crippen LogP contribution < -0.4 is 5.56 Å². The van der Waals surface area contributed by atoms with E-state index >= 15 is 0 Å². The Balaban J connectivity index is 1.64. The molecule has 1 spiro atoms. The smallest absolute Gasteiger partial charge is 0.254 e. The number of ether oxygens (including phenoxy) is 1. The third kappa shape index (κ3) is 2.63. The van der Waals surface area contributed by atoms with Gasteiger partial charge in [-0.2, -0.15) is 0 Å². The van der Waals surface area contributed by atoms with Crippen LogP contribution in [0.15, 0.2) is 29.1 Å². The summed E-state index contributed by atoms with van der Waals surface area (Å²) < 4.78 is 5.93. The van der Waals surface area contributed by atoms with Crippen LogP contribution in [-0.2, 0) is 4.74 Å². The lowest BCUT2D eigenvalue weighted by Crippen LogP contribution is -2.46. The number of nitrogens with one attached hydrogen (secondary N) is 1. The predicted molar refractivity (Wildman–Crippen MR) is 92.4 cm³/mol. The molecule has 4 rings (SSSR count). The van der Waals surface area contributed by atoms with E-state index < -0.39 is 0 Å². The summed E-state index contributed by atoms with van der Waals surface area (Å²) in [6.45, 7) is 4.21. The molecule has 3 heterocycles. The molecule has 0 unspecified atom stereocenters. The number of benzene rings is 1. The van der Waals surface area contributed by atoms with Crippen molar-refractivity contribution in [3.63, 3.8) is 0 Å². The van der Waals surface area contributed by atoms with E-state index in [0.29, 0.717) is 24.2 Å². The Bertz CT molecular complexity index is 839. The third-order valence-electron chi connectivity index (χ3n) is 5.38. The van der Waals surface area contributed by atoms with Crippen molar-refractivity contribution in [2.24, 2.45) is 0 Å². The van der Waals surface area contributed by atoms with Crippen molar-refractivity contribution in [2.45, 2.75) is 38.2 Å². The fraction of sp³-hybridized carbons (Fsp3) is 0.474. The molecule has 2 saturated heterocycles. The second-order valence-electron chi connectivity index (χ2n) is 7.02. The molecule has 2 aliphatic rings. The quantitative estimate of drug-likeness (QED) is 0.876. The highest BCUT2D eigenvalue weighted by Gasteiger charge is 2.39. The van der Waals surface area contributed by atoms with Gasteiger partial charge in [0.25, 0.3) is 5.91 Å². The van der Waals surface area contributed by atoms with E-state index in [-0.39, 0.29) is 17.1 Å². The van der Waals surface area contributed by atoms with Crippen LogP contribution in [0.2, 0.25) is 0 Å². The lowest BCUT2D eigenvalue weighted by molar-refractivity contribution is -0.0387. The van der Waals surface area contributed by atoms with E-state index in [1.54, 1.807) is 0 Å². The van der Waals surface area contributed by atoms with Crippen molar-refractivity contribution < 1.29 is 9.53 Å². The standard InChI is InChI=1S/C19H22N2O3/c1-13-3-4-16-14(11-13)15(12-17(22)20-16)18(23)21-8-6-19(7-9-21)5-2-10-24-19/h3-4,11-12H,2,5-10H2,1H3,(H,20,22). The van der Waals surface area contributed by atoms with Gasteiger partial charge >= 0.3 is 0 Å². The van der Waals surface area contributed by atoms with Gasteiger partial charge in [0.15, 0.2) is 0 Å². The predicted octanol–water partition coefficient (Wildman–Crippen LogP) is 2.62. The summed E-state index contributed by atoms with van der Waals surface area (Å²) >= 11 is 0. The van der Waals surface area contributed by atoms with E-state index in [1.165, 1.54) is 6.07 Å². The zero-order valence-corrected chi connectivity index (χ0v) is 13.9. The third-order valence-corrected chi connectivity index (χ3v) is 5.38. The van der Waals surface area contributed by atoms with Crippen LogP contribution >= 0.6 is 0 Å². The molecule has 2 aromatic rings. The number of nitrogens with zero attached hydrogens (tertiary/aromatic N) is 1. The fourth-order valence-corrected chi connectivity index (χ4v) is 3.98. The number of rotatable bonds is 1. The summed E-state index contributed by atoms with van der Waals surface area (Å²) in [5.41, 5.74) is 2.04. The molecule has 1 amide bonds. The Morgan fingerprint density at radius 3 is 2.71 bits per heavy atom. The SMILES string of the molecule is Cc1ccc2[nH]c(=O)cc(C(=O)N3CCC4(CCCO4)CC3)c2c1. The first-order valence-corrected chi connectivity index (χ1v) is 8.63. The van der Waals surface area contributed by atoms with Crippen LogP contribution in [0.25, 0.3) is 10.9 Å². The molecule has 2 aliphatic heterocycles. The van der Waals surface area contributed by atoms with Crippen molar-refractivity contribution in [3.8, 4) is 0 Å². The molecule has 1 aromatic heterocycles. The maximum Gasteiger partial charge on any atom is 0.254 e. The van der Waals surface area contributed by atoms with Gasteiger partial charge in [-0.15, -0.1) is 0 Å². The minimum Gasteiger partial charge on any atom is -0.375 e. The van der Waals surface area contributed by atoms with Crippen molar-refractivity contribution in [3.05, 3.63) is 45.7 Å². The van der Waals surface area contributed by atoms with Gasteiger partial charge in [-0.3, -0.25) is 9.59 Å². The minimum atomic E-state index is -0.234. The molecule has 5 nitrogen and oxygen atoms in total. The first-order valence-electron chi connectivity index (χ1n) is 8.63. The topological polar surface area (TPSA) is 62.4 Å². The van der Waals surface area contributed by atoms with Crippen molar-refractivity contribution in [1.82, 2.24) is 9.88 Å². The van der Waals surface area contributed by atoms with E-state index in [9.17, 15) is 9.59 Å². The second kappa shape index (κ2) is 5.74. The summed E-state index contributed by atoms with van der Waals surface area (Å²) in [6, 6.07) is 7.19. The van der Waals surface area contributed by atoms with E-state index in [2.05, 4.69) is 4.98 Å². The number of H-pyrrole nitrogens is 1. The highest BCUT2D eigenvalue weighted by Crippen LogP contribution is 2.36. The number of carbonyl (C=O) groups is 1. The first kappa shape index (κ1) is 15.4. The number of piperidine rings is 1. The maximum absolute atomic E-state index is 13.0. The summed E-state index contributed by atoms with van der Waals surface area (Å²) in [5, 5.41) is 0.817. The molecule has 1 N–H and O–H groups in total. The highest BCUT2D eigenvalue weighted by molar-refractivity contribution is 6.06. The molecule has 2 fully saturated rings. The molecule has 0 aliphatic carbocycles. The average Bonchev–Trinajstić information content (AvgIpc) is 3.03. The lowest BCUT2D eigenvalue weighted by atomic mass is 9.88. The first-order chi connectivity index (χ1) is 11.6. The molecule has 0 radical (unpaired) electrons. The van der Waals surface area contributed by atoms with Crippen LogP contribution in [0.1, 0.15) is 41.6 Å². The number of aryl methyl sites for hydroxylation is 1. The number of hydrogen-bond donors (Lipinski definition) is 1. The van der Waals surface area contributed by atoms with Gasteiger partial charge in [-0.05, 0) is 44.7 Å². The molecule has 126 valence electrons. The number of pyridine rings is 1. The number of carbonyl (C=O) groups excluding carboxylic acids is 1. The Morgan fingerprint density at radius 2 is 2.00 bits per heavy atom. The molecule has 5 heteroatoms. The molecule has 0 saturated carbocycles. The van der Waals surface area contributed by atoms with E-state index in [4.69, 9.17) is 4.74 Å². The van der Waals surface area contributed by atoms with Crippen LogP contribution in [0.4, 0.5) is 0 Å². The molecule has 0 bridgehead atoms. The normalized spacial score (nSPS) is 20.0. The van der Waals surface area contributed by atoms with Gasteiger partial charge < -0.3 is 14.6 Å². The number of hydrogen-bond acceptors (Lipinski definition) is 3. The van der Waals surface area contributed by atoms with Gasteiger partial charge in [0, 0.05) is 36.7 Å². The molecule has 0 atom stereocenters. The maximum atomic E-state index is 13.0. The lowest BCUT2D eigenvalue weighted by Gasteiger charge is -2.38. The molecule has 24 heavy (non-hydrogen) atoms. The zero-order chi connectivity index (χ0) is 16.7. The molecular weight excluding hydrogens is 304 g/mol. The monoisotopic (exact) mass is 326 g/mol. The average molecular weight is 326 g/mol. The number of fused-ring (bicyclic) bond motifs is 1.